The third kappa shape index (κ3) is 3.80. The molecule has 2 rings (SSSR count). The molecule has 1 aliphatic heterocycles. The first-order chi connectivity index (χ1) is 8.40. The Labute approximate surface area is 103 Å². The van der Waals surface area contributed by atoms with Crippen molar-refractivity contribution in [2.45, 2.75) is 25.5 Å². The molecule has 1 aromatic rings. The van der Waals surface area contributed by atoms with Gasteiger partial charge in [-0.05, 0) is 12.0 Å². The maximum atomic E-state index is 5.62. The van der Waals surface area contributed by atoms with E-state index in [2.05, 4.69) is 36.5 Å². The van der Waals surface area contributed by atoms with Crippen molar-refractivity contribution >= 4 is 0 Å². The molecule has 1 N–H and O–H groups in total. The fourth-order valence-electron chi connectivity index (χ4n) is 2.11. The molecule has 2 unspecified atom stereocenters. The number of hydrogen-bond donors (Lipinski definition) is 1. The lowest BCUT2D eigenvalue weighted by Crippen LogP contribution is -2.38. The van der Waals surface area contributed by atoms with Crippen LogP contribution in [0.4, 0.5) is 0 Å². The second-order valence-electron chi connectivity index (χ2n) is 4.35. The van der Waals surface area contributed by atoms with Gasteiger partial charge >= 0.3 is 0 Å². The third-order valence-corrected chi connectivity index (χ3v) is 3.09. The van der Waals surface area contributed by atoms with Gasteiger partial charge in [-0.3, -0.25) is 0 Å². The molecule has 1 aromatic carbocycles. The van der Waals surface area contributed by atoms with Crippen molar-refractivity contribution in [3.05, 3.63) is 35.9 Å². The van der Waals surface area contributed by atoms with Crippen molar-refractivity contribution in [3.63, 3.8) is 0 Å². The van der Waals surface area contributed by atoms with Gasteiger partial charge in [0.2, 0.25) is 0 Å². The zero-order valence-corrected chi connectivity index (χ0v) is 10.4. The van der Waals surface area contributed by atoms with E-state index in [1.165, 1.54) is 5.56 Å². The summed E-state index contributed by atoms with van der Waals surface area (Å²) in [5.74, 6) is 0. The quantitative estimate of drug-likeness (QED) is 0.848. The van der Waals surface area contributed by atoms with Crippen molar-refractivity contribution in [2.75, 3.05) is 26.4 Å². The van der Waals surface area contributed by atoms with Crippen LogP contribution in [0.1, 0.15) is 24.9 Å². The van der Waals surface area contributed by atoms with Crippen LogP contribution >= 0.6 is 0 Å². The van der Waals surface area contributed by atoms with Gasteiger partial charge in [0.05, 0.1) is 25.9 Å². The molecule has 1 saturated heterocycles. The van der Waals surface area contributed by atoms with E-state index >= 15 is 0 Å². The highest BCUT2D eigenvalue weighted by Crippen LogP contribution is 2.16. The SMILES string of the molecule is CCC(NCC1COCCO1)c1ccccc1. The normalized spacial score (nSPS) is 22.3. The number of rotatable bonds is 5. The zero-order chi connectivity index (χ0) is 11.9. The highest BCUT2D eigenvalue weighted by atomic mass is 16.6. The zero-order valence-electron chi connectivity index (χ0n) is 10.4. The average molecular weight is 235 g/mol. The fourth-order valence-corrected chi connectivity index (χ4v) is 2.11. The molecule has 1 aliphatic rings. The van der Waals surface area contributed by atoms with Crippen molar-refractivity contribution < 1.29 is 9.47 Å². The molecule has 0 amide bonds. The molecule has 17 heavy (non-hydrogen) atoms. The van der Waals surface area contributed by atoms with Crippen molar-refractivity contribution in [3.8, 4) is 0 Å². The fraction of sp³-hybridized carbons (Fsp3) is 0.571. The number of ether oxygens (including phenoxy) is 2. The van der Waals surface area contributed by atoms with Crippen LogP contribution in [0.2, 0.25) is 0 Å². The monoisotopic (exact) mass is 235 g/mol. The minimum absolute atomic E-state index is 0.196. The van der Waals surface area contributed by atoms with Crippen LogP contribution in [-0.2, 0) is 9.47 Å². The summed E-state index contributed by atoms with van der Waals surface area (Å²) >= 11 is 0. The van der Waals surface area contributed by atoms with Gasteiger partial charge in [-0.25, -0.2) is 0 Å². The summed E-state index contributed by atoms with van der Waals surface area (Å²) < 4.78 is 11.0. The van der Waals surface area contributed by atoms with Crippen molar-refractivity contribution in [1.29, 1.82) is 0 Å². The summed E-state index contributed by atoms with van der Waals surface area (Å²) in [4.78, 5) is 0. The molecule has 1 heterocycles. The summed E-state index contributed by atoms with van der Waals surface area (Å²) in [5, 5.41) is 3.55. The Morgan fingerprint density at radius 2 is 2.12 bits per heavy atom. The first-order valence-corrected chi connectivity index (χ1v) is 6.38. The Bertz CT molecular complexity index is 309. The molecular formula is C14H21NO2. The minimum atomic E-state index is 0.196. The molecule has 0 aliphatic carbocycles. The standard InChI is InChI=1S/C14H21NO2/c1-2-14(12-6-4-3-5-7-12)15-10-13-11-16-8-9-17-13/h3-7,13-15H,2,8-11H2,1H3. The highest BCUT2D eigenvalue weighted by Gasteiger charge is 2.16. The summed E-state index contributed by atoms with van der Waals surface area (Å²) in [6.07, 6.45) is 1.28. The summed E-state index contributed by atoms with van der Waals surface area (Å²) in [6.45, 7) is 5.20. The van der Waals surface area contributed by atoms with E-state index in [0.717, 1.165) is 19.6 Å². The smallest absolute Gasteiger partial charge is 0.0933 e. The van der Waals surface area contributed by atoms with Crippen molar-refractivity contribution in [2.24, 2.45) is 0 Å². The topological polar surface area (TPSA) is 30.5 Å². The second kappa shape index (κ2) is 6.74. The van der Waals surface area contributed by atoms with Gasteiger partial charge in [0.15, 0.2) is 0 Å². The van der Waals surface area contributed by atoms with E-state index in [1.54, 1.807) is 0 Å². The highest BCUT2D eigenvalue weighted by molar-refractivity contribution is 5.18. The number of hydrogen-bond acceptors (Lipinski definition) is 3. The molecule has 0 spiro atoms. The Hall–Kier alpha value is -0.900. The van der Waals surface area contributed by atoms with Gasteiger partial charge in [0.25, 0.3) is 0 Å². The van der Waals surface area contributed by atoms with Crippen LogP contribution in [0.15, 0.2) is 30.3 Å². The first-order valence-electron chi connectivity index (χ1n) is 6.38. The molecule has 0 aromatic heterocycles. The molecule has 94 valence electrons. The lowest BCUT2D eigenvalue weighted by molar-refractivity contribution is -0.0871. The predicted molar refractivity (Wildman–Crippen MR) is 68.0 cm³/mol. The van der Waals surface area contributed by atoms with Crippen LogP contribution in [0.5, 0.6) is 0 Å². The van der Waals surface area contributed by atoms with Gasteiger partial charge in [0, 0.05) is 12.6 Å². The molecule has 2 atom stereocenters. The van der Waals surface area contributed by atoms with Gasteiger partial charge in [-0.2, -0.15) is 0 Å². The lowest BCUT2D eigenvalue weighted by atomic mass is 10.0. The van der Waals surface area contributed by atoms with Crippen LogP contribution in [-0.4, -0.2) is 32.5 Å². The molecule has 1 fully saturated rings. The van der Waals surface area contributed by atoms with E-state index in [-0.39, 0.29) is 6.10 Å². The lowest BCUT2D eigenvalue weighted by Gasteiger charge is -2.26. The van der Waals surface area contributed by atoms with E-state index in [4.69, 9.17) is 9.47 Å². The maximum absolute atomic E-state index is 5.62. The Morgan fingerprint density at radius 1 is 1.29 bits per heavy atom. The third-order valence-electron chi connectivity index (χ3n) is 3.09. The van der Waals surface area contributed by atoms with Gasteiger partial charge in [-0.15, -0.1) is 0 Å². The van der Waals surface area contributed by atoms with E-state index in [0.29, 0.717) is 19.3 Å². The predicted octanol–water partition coefficient (Wildman–Crippen LogP) is 2.14. The molecule has 3 heteroatoms. The second-order valence-corrected chi connectivity index (χ2v) is 4.35. The van der Waals surface area contributed by atoms with Gasteiger partial charge in [0.1, 0.15) is 0 Å². The maximum Gasteiger partial charge on any atom is 0.0933 e. The van der Waals surface area contributed by atoms with E-state index in [9.17, 15) is 0 Å². The molecule has 0 saturated carbocycles. The van der Waals surface area contributed by atoms with Crippen LogP contribution in [0.25, 0.3) is 0 Å². The first kappa shape index (κ1) is 12.6. The van der Waals surface area contributed by atoms with Crippen molar-refractivity contribution in [1.82, 2.24) is 5.32 Å². The van der Waals surface area contributed by atoms with E-state index in [1.807, 2.05) is 6.07 Å². The minimum Gasteiger partial charge on any atom is -0.376 e. The Morgan fingerprint density at radius 3 is 2.76 bits per heavy atom. The largest absolute Gasteiger partial charge is 0.376 e. The summed E-state index contributed by atoms with van der Waals surface area (Å²) in [6, 6.07) is 11.0. The number of nitrogens with one attached hydrogen (secondary N) is 1. The molecular weight excluding hydrogens is 214 g/mol. The Balaban J connectivity index is 1.83. The summed E-state index contributed by atoms with van der Waals surface area (Å²) in [5.41, 5.74) is 1.34. The van der Waals surface area contributed by atoms with Crippen LogP contribution in [0.3, 0.4) is 0 Å². The molecule has 0 radical (unpaired) electrons. The van der Waals surface area contributed by atoms with E-state index < -0.39 is 0 Å². The van der Waals surface area contributed by atoms with Crippen LogP contribution in [0, 0.1) is 0 Å². The van der Waals surface area contributed by atoms with Gasteiger partial charge in [-0.1, -0.05) is 37.3 Å². The molecule has 3 nitrogen and oxygen atoms in total. The van der Waals surface area contributed by atoms with Gasteiger partial charge < -0.3 is 14.8 Å². The summed E-state index contributed by atoms with van der Waals surface area (Å²) in [7, 11) is 0. The Kier molecular flexibility index (Phi) is 4.98. The average Bonchev–Trinajstić information content (AvgIpc) is 2.42. The molecule has 0 bridgehead atoms. The van der Waals surface area contributed by atoms with Crippen LogP contribution < -0.4 is 5.32 Å². The number of benzene rings is 1.